The van der Waals surface area contributed by atoms with Gasteiger partial charge in [0.05, 0.1) is 0 Å². The van der Waals surface area contributed by atoms with Crippen molar-refractivity contribution in [3.8, 4) is 0 Å². The molecule has 1 fully saturated rings. The Kier molecular flexibility index (Phi) is 4.75. The van der Waals surface area contributed by atoms with Crippen molar-refractivity contribution in [1.82, 2.24) is 15.0 Å². The largest absolute Gasteiger partial charge is 0.370 e. The molecule has 0 bridgehead atoms. The lowest BCUT2D eigenvalue weighted by molar-refractivity contribution is 0.272. The molecule has 0 radical (unpaired) electrons. The number of hydrogen-bond donors (Lipinski definition) is 2. The van der Waals surface area contributed by atoms with Crippen molar-refractivity contribution in [1.29, 1.82) is 0 Å². The van der Waals surface area contributed by atoms with Gasteiger partial charge in [-0.2, -0.15) is 0 Å². The van der Waals surface area contributed by atoms with Crippen molar-refractivity contribution in [3.63, 3.8) is 0 Å². The van der Waals surface area contributed by atoms with E-state index in [4.69, 9.17) is 0 Å². The average molecular weight is 249 g/mol. The van der Waals surface area contributed by atoms with Gasteiger partial charge in [-0.1, -0.05) is 13.3 Å². The summed E-state index contributed by atoms with van der Waals surface area (Å²) in [4.78, 5) is 8.98. The maximum Gasteiger partial charge on any atom is 0.146 e. The summed E-state index contributed by atoms with van der Waals surface area (Å²) in [7, 11) is 0. The van der Waals surface area contributed by atoms with E-state index in [0.29, 0.717) is 0 Å². The molecule has 0 atom stereocenters. The summed E-state index contributed by atoms with van der Waals surface area (Å²) >= 11 is 0. The molecule has 0 aliphatic carbocycles. The summed E-state index contributed by atoms with van der Waals surface area (Å²) in [5, 5.41) is 5.50. The van der Waals surface area contributed by atoms with Crippen LogP contribution in [0, 0.1) is 0 Å². The second-order valence-corrected chi connectivity index (χ2v) is 4.60. The number of aryl methyl sites for hydroxylation is 1. The molecule has 1 aliphatic rings. The maximum absolute atomic E-state index is 4.52. The van der Waals surface area contributed by atoms with Crippen LogP contribution in [0.2, 0.25) is 0 Å². The molecule has 1 aromatic heterocycles. The van der Waals surface area contributed by atoms with Gasteiger partial charge in [-0.3, -0.25) is 0 Å². The number of aromatic nitrogens is 2. The molecule has 5 nitrogen and oxygen atoms in total. The van der Waals surface area contributed by atoms with E-state index >= 15 is 0 Å². The average Bonchev–Trinajstić information content (AvgIpc) is 2.40. The number of nitrogens with one attached hydrogen (secondary N) is 2. The summed E-state index contributed by atoms with van der Waals surface area (Å²) in [5.74, 6) is 2.69. The lowest BCUT2D eigenvalue weighted by Crippen LogP contribution is -2.35. The van der Waals surface area contributed by atoms with Crippen molar-refractivity contribution in [2.24, 2.45) is 0 Å². The number of rotatable bonds is 5. The Morgan fingerprint density at radius 1 is 1.11 bits per heavy atom. The predicted octanol–water partition coefficient (Wildman–Crippen LogP) is 2.28. The standard InChI is InChI=1S/C13H23N5/c1-3-11-15-12(14-4-2)10-13(16-11)17-18-8-6-5-7-9-18/h10H,3-9H2,1-2H3,(H2,14,15,16,17). The summed E-state index contributed by atoms with van der Waals surface area (Å²) < 4.78 is 0. The van der Waals surface area contributed by atoms with E-state index in [1.54, 1.807) is 0 Å². The van der Waals surface area contributed by atoms with Gasteiger partial charge < -0.3 is 10.7 Å². The number of hydrazine groups is 1. The topological polar surface area (TPSA) is 53.1 Å². The fourth-order valence-electron chi connectivity index (χ4n) is 2.15. The van der Waals surface area contributed by atoms with Crippen LogP contribution in [-0.2, 0) is 6.42 Å². The molecule has 100 valence electrons. The highest BCUT2D eigenvalue weighted by molar-refractivity contribution is 5.47. The molecule has 0 aromatic carbocycles. The first-order valence-electron chi connectivity index (χ1n) is 6.95. The van der Waals surface area contributed by atoms with E-state index in [2.05, 4.69) is 39.6 Å². The van der Waals surface area contributed by atoms with Crippen LogP contribution >= 0.6 is 0 Å². The van der Waals surface area contributed by atoms with Crippen LogP contribution in [0.3, 0.4) is 0 Å². The summed E-state index contributed by atoms with van der Waals surface area (Å²) in [5.41, 5.74) is 3.40. The van der Waals surface area contributed by atoms with Crippen LogP contribution in [0.5, 0.6) is 0 Å². The van der Waals surface area contributed by atoms with Crippen LogP contribution in [0.25, 0.3) is 0 Å². The molecular formula is C13H23N5. The van der Waals surface area contributed by atoms with Gasteiger partial charge in [-0.25, -0.2) is 15.0 Å². The minimum atomic E-state index is 0.855. The zero-order valence-electron chi connectivity index (χ0n) is 11.4. The first-order chi connectivity index (χ1) is 8.81. The fraction of sp³-hybridized carbons (Fsp3) is 0.692. The number of piperidine rings is 1. The van der Waals surface area contributed by atoms with Crippen LogP contribution in [0.4, 0.5) is 11.6 Å². The van der Waals surface area contributed by atoms with Gasteiger partial charge in [-0.05, 0) is 19.8 Å². The Morgan fingerprint density at radius 3 is 2.50 bits per heavy atom. The van der Waals surface area contributed by atoms with Crippen LogP contribution < -0.4 is 10.7 Å². The third-order valence-electron chi connectivity index (χ3n) is 3.08. The zero-order valence-corrected chi connectivity index (χ0v) is 11.4. The summed E-state index contributed by atoms with van der Waals surface area (Å²) in [6, 6.07) is 1.98. The van der Waals surface area contributed by atoms with Gasteiger partial charge in [0.25, 0.3) is 0 Å². The smallest absolute Gasteiger partial charge is 0.146 e. The number of hydrogen-bond acceptors (Lipinski definition) is 5. The second-order valence-electron chi connectivity index (χ2n) is 4.60. The van der Waals surface area contributed by atoms with Gasteiger partial charge in [0.1, 0.15) is 17.5 Å². The van der Waals surface area contributed by atoms with E-state index in [9.17, 15) is 0 Å². The maximum atomic E-state index is 4.52. The van der Waals surface area contributed by atoms with E-state index in [-0.39, 0.29) is 0 Å². The van der Waals surface area contributed by atoms with Crippen molar-refractivity contribution >= 4 is 11.6 Å². The number of anilines is 2. The Bertz CT molecular complexity index is 374. The van der Waals surface area contributed by atoms with Crippen molar-refractivity contribution in [2.75, 3.05) is 30.4 Å². The minimum Gasteiger partial charge on any atom is -0.370 e. The van der Waals surface area contributed by atoms with E-state index in [1.807, 2.05) is 6.07 Å². The Hall–Kier alpha value is -1.36. The lowest BCUT2D eigenvalue weighted by Gasteiger charge is -2.27. The highest BCUT2D eigenvalue weighted by Crippen LogP contribution is 2.15. The van der Waals surface area contributed by atoms with E-state index in [0.717, 1.165) is 43.5 Å². The van der Waals surface area contributed by atoms with Gasteiger partial charge in [-0.15, -0.1) is 0 Å². The minimum absolute atomic E-state index is 0.855. The molecule has 1 aromatic rings. The molecule has 2 heterocycles. The van der Waals surface area contributed by atoms with Crippen LogP contribution in [0.1, 0.15) is 38.9 Å². The van der Waals surface area contributed by atoms with Crippen molar-refractivity contribution < 1.29 is 0 Å². The predicted molar refractivity (Wildman–Crippen MR) is 74.6 cm³/mol. The molecule has 0 spiro atoms. The monoisotopic (exact) mass is 249 g/mol. The molecule has 18 heavy (non-hydrogen) atoms. The van der Waals surface area contributed by atoms with E-state index < -0.39 is 0 Å². The Morgan fingerprint density at radius 2 is 1.83 bits per heavy atom. The zero-order chi connectivity index (χ0) is 12.8. The van der Waals surface area contributed by atoms with Crippen molar-refractivity contribution in [3.05, 3.63) is 11.9 Å². The fourth-order valence-corrected chi connectivity index (χ4v) is 2.15. The molecule has 0 saturated carbocycles. The normalized spacial score (nSPS) is 16.6. The SMILES string of the molecule is CCNc1cc(NN2CCCCC2)nc(CC)n1. The lowest BCUT2D eigenvalue weighted by atomic mass is 10.2. The van der Waals surface area contributed by atoms with E-state index in [1.165, 1.54) is 19.3 Å². The molecular weight excluding hydrogens is 226 g/mol. The Labute approximate surface area is 109 Å². The summed E-state index contributed by atoms with van der Waals surface area (Å²) in [6.07, 6.45) is 4.72. The molecule has 0 amide bonds. The van der Waals surface area contributed by atoms with Gasteiger partial charge >= 0.3 is 0 Å². The highest BCUT2D eigenvalue weighted by atomic mass is 15.5. The third kappa shape index (κ3) is 3.57. The molecule has 2 rings (SSSR count). The first kappa shape index (κ1) is 13.1. The van der Waals surface area contributed by atoms with Crippen molar-refractivity contribution in [2.45, 2.75) is 39.5 Å². The number of nitrogens with zero attached hydrogens (tertiary/aromatic N) is 3. The third-order valence-corrected chi connectivity index (χ3v) is 3.08. The van der Waals surface area contributed by atoms with Gasteiger partial charge in [0, 0.05) is 32.1 Å². The quantitative estimate of drug-likeness (QED) is 0.838. The first-order valence-corrected chi connectivity index (χ1v) is 6.95. The van der Waals surface area contributed by atoms with Crippen LogP contribution in [-0.4, -0.2) is 34.6 Å². The summed E-state index contributed by atoms with van der Waals surface area (Å²) in [6.45, 7) is 7.23. The molecule has 2 N–H and O–H groups in total. The molecule has 0 unspecified atom stereocenters. The highest BCUT2D eigenvalue weighted by Gasteiger charge is 2.11. The second kappa shape index (κ2) is 6.54. The van der Waals surface area contributed by atoms with Gasteiger partial charge in [0.2, 0.25) is 0 Å². The molecule has 1 aliphatic heterocycles. The Balaban J connectivity index is 2.07. The molecule has 5 heteroatoms. The van der Waals surface area contributed by atoms with Crippen LogP contribution in [0.15, 0.2) is 6.07 Å². The molecule has 1 saturated heterocycles. The van der Waals surface area contributed by atoms with Gasteiger partial charge in [0.15, 0.2) is 0 Å².